The van der Waals surface area contributed by atoms with Gasteiger partial charge in [-0.3, -0.25) is 0 Å². The van der Waals surface area contributed by atoms with Crippen molar-refractivity contribution in [3.63, 3.8) is 0 Å². The fraction of sp³-hybridized carbons (Fsp3) is 0.0800. The van der Waals surface area contributed by atoms with Crippen molar-refractivity contribution in [1.82, 2.24) is 0 Å². The summed E-state index contributed by atoms with van der Waals surface area (Å²) in [6.07, 6.45) is 0. The van der Waals surface area contributed by atoms with E-state index >= 15 is 0 Å². The van der Waals surface area contributed by atoms with E-state index in [0.29, 0.717) is 5.75 Å². The Labute approximate surface area is 169 Å². The number of ether oxygens (including phenoxy) is 2. The molecule has 0 heterocycles. The van der Waals surface area contributed by atoms with Crippen molar-refractivity contribution in [3.05, 3.63) is 90.0 Å². The largest absolute Gasteiger partial charge is 0.497 e. The summed E-state index contributed by atoms with van der Waals surface area (Å²) in [7, 11) is 1.65. The fourth-order valence-electron chi connectivity index (χ4n) is 3.47. The van der Waals surface area contributed by atoms with E-state index in [0.717, 1.165) is 39.0 Å². The van der Waals surface area contributed by atoms with Crippen molar-refractivity contribution in [3.8, 4) is 28.4 Å². The summed E-state index contributed by atoms with van der Waals surface area (Å²) in [5, 5.41) is 11.1. The lowest BCUT2D eigenvalue weighted by Gasteiger charge is -2.18. The molecule has 4 rings (SSSR count). The molecule has 0 aliphatic rings. The van der Waals surface area contributed by atoms with Gasteiger partial charge < -0.3 is 14.6 Å². The predicted octanol–water partition coefficient (Wildman–Crippen LogP) is 6.31. The lowest BCUT2D eigenvalue weighted by atomic mass is 9.94. The maximum absolute atomic E-state index is 11.1. The van der Waals surface area contributed by atoms with Gasteiger partial charge in [0.2, 0.25) is 0 Å². The van der Waals surface area contributed by atoms with Gasteiger partial charge in [0.05, 0.1) is 12.7 Å². The van der Waals surface area contributed by atoms with Crippen LogP contribution in [0.1, 0.15) is 15.9 Å². The van der Waals surface area contributed by atoms with Gasteiger partial charge in [-0.05, 0) is 65.9 Å². The first-order valence-electron chi connectivity index (χ1n) is 9.25. The van der Waals surface area contributed by atoms with Crippen LogP contribution in [0.4, 0.5) is 0 Å². The zero-order valence-corrected chi connectivity index (χ0v) is 16.2. The van der Waals surface area contributed by atoms with Crippen LogP contribution in [0, 0.1) is 6.92 Å². The van der Waals surface area contributed by atoms with Crippen LogP contribution >= 0.6 is 0 Å². The molecule has 0 atom stereocenters. The molecule has 0 unspecified atom stereocenters. The van der Waals surface area contributed by atoms with E-state index in [4.69, 9.17) is 14.6 Å². The third kappa shape index (κ3) is 3.65. The van der Waals surface area contributed by atoms with E-state index in [2.05, 4.69) is 25.1 Å². The minimum absolute atomic E-state index is 0.222. The van der Waals surface area contributed by atoms with Crippen LogP contribution in [0.15, 0.2) is 78.9 Å². The van der Waals surface area contributed by atoms with Gasteiger partial charge in [0.1, 0.15) is 17.2 Å². The second-order valence-electron chi connectivity index (χ2n) is 6.78. The molecule has 0 spiro atoms. The molecule has 0 aliphatic carbocycles. The lowest BCUT2D eigenvalue weighted by Crippen LogP contribution is -1.97. The van der Waals surface area contributed by atoms with Gasteiger partial charge in [-0.15, -0.1) is 0 Å². The maximum Gasteiger partial charge on any atom is 0.335 e. The molecule has 0 fully saturated rings. The Balaban J connectivity index is 1.91. The SMILES string of the molecule is COc1ccc2c(Oc3ccc(C(=O)O)cc3)c(-c3ccccc3)c(C)cc2c1. The number of carboxylic acid groups (broad SMARTS) is 1. The van der Waals surface area contributed by atoms with Gasteiger partial charge in [-0.25, -0.2) is 4.79 Å². The molecule has 0 aliphatic heterocycles. The van der Waals surface area contributed by atoms with Gasteiger partial charge in [0, 0.05) is 10.9 Å². The Hall–Kier alpha value is -3.79. The number of aryl methyl sites for hydroxylation is 1. The van der Waals surface area contributed by atoms with Crippen LogP contribution in [0.5, 0.6) is 17.2 Å². The van der Waals surface area contributed by atoms with E-state index in [-0.39, 0.29) is 5.56 Å². The zero-order valence-electron chi connectivity index (χ0n) is 16.2. The Morgan fingerprint density at radius 2 is 1.55 bits per heavy atom. The van der Waals surface area contributed by atoms with Crippen LogP contribution in [-0.4, -0.2) is 18.2 Å². The van der Waals surface area contributed by atoms with E-state index in [1.54, 1.807) is 31.4 Å². The monoisotopic (exact) mass is 384 g/mol. The summed E-state index contributed by atoms with van der Waals surface area (Å²) in [6.45, 7) is 2.06. The first kappa shape index (κ1) is 18.6. The predicted molar refractivity (Wildman–Crippen MR) is 114 cm³/mol. The first-order chi connectivity index (χ1) is 14.1. The van der Waals surface area contributed by atoms with Crippen LogP contribution in [0.25, 0.3) is 21.9 Å². The van der Waals surface area contributed by atoms with E-state index in [1.807, 2.05) is 36.4 Å². The first-order valence-corrected chi connectivity index (χ1v) is 9.25. The summed E-state index contributed by atoms with van der Waals surface area (Å²) in [6, 6.07) is 24.5. The normalized spacial score (nSPS) is 10.7. The number of hydrogen-bond acceptors (Lipinski definition) is 3. The van der Waals surface area contributed by atoms with Crippen molar-refractivity contribution in [2.75, 3.05) is 7.11 Å². The van der Waals surface area contributed by atoms with Crippen molar-refractivity contribution in [2.24, 2.45) is 0 Å². The molecule has 0 radical (unpaired) electrons. The van der Waals surface area contributed by atoms with Crippen molar-refractivity contribution >= 4 is 16.7 Å². The smallest absolute Gasteiger partial charge is 0.335 e. The number of fused-ring (bicyclic) bond motifs is 1. The molecule has 0 amide bonds. The Kier molecular flexibility index (Phi) is 4.92. The van der Waals surface area contributed by atoms with E-state index in [9.17, 15) is 4.79 Å². The Bertz CT molecular complexity index is 1180. The molecule has 0 saturated carbocycles. The number of rotatable bonds is 5. The molecule has 0 saturated heterocycles. The topological polar surface area (TPSA) is 55.8 Å². The molecule has 1 N–H and O–H groups in total. The number of aromatic carboxylic acids is 1. The molecular weight excluding hydrogens is 364 g/mol. The Morgan fingerprint density at radius 3 is 2.21 bits per heavy atom. The molecule has 0 aromatic heterocycles. The quantitative estimate of drug-likeness (QED) is 0.438. The number of benzene rings is 4. The highest BCUT2D eigenvalue weighted by molar-refractivity contribution is 5.97. The van der Waals surface area contributed by atoms with E-state index in [1.165, 1.54) is 0 Å². The summed E-state index contributed by atoms with van der Waals surface area (Å²) in [5.41, 5.74) is 3.36. The van der Waals surface area contributed by atoms with Crippen LogP contribution in [-0.2, 0) is 0 Å². The van der Waals surface area contributed by atoms with Crippen molar-refractivity contribution < 1.29 is 19.4 Å². The summed E-state index contributed by atoms with van der Waals surface area (Å²) in [5.74, 6) is 1.13. The average molecular weight is 384 g/mol. The minimum atomic E-state index is -0.963. The fourth-order valence-corrected chi connectivity index (χ4v) is 3.47. The highest BCUT2D eigenvalue weighted by atomic mass is 16.5. The molecule has 4 aromatic rings. The number of hydrogen-bond donors (Lipinski definition) is 1. The molecular formula is C25H20O4. The van der Waals surface area contributed by atoms with Crippen LogP contribution in [0.3, 0.4) is 0 Å². The highest BCUT2D eigenvalue weighted by Crippen LogP contribution is 2.42. The third-order valence-electron chi connectivity index (χ3n) is 4.88. The van der Waals surface area contributed by atoms with Gasteiger partial charge in [-0.1, -0.05) is 36.4 Å². The standard InChI is InChI=1S/C25H20O4/c1-16-14-19-15-21(28-2)12-13-22(19)24(23(16)17-6-4-3-5-7-17)29-20-10-8-18(9-11-20)25(26)27/h3-15H,1-2H3,(H,26,27). The molecule has 29 heavy (non-hydrogen) atoms. The zero-order chi connectivity index (χ0) is 20.4. The van der Waals surface area contributed by atoms with Crippen molar-refractivity contribution in [2.45, 2.75) is 6.92 Å². The summed E-state index contributed by atoms with van der Waals surface area (Å²) < 4.78 is 11.7. The molecule has 4 aromatic carbocycles. The van der Waals surface area contributed by atoms with Gasteiger partial charge in [0.25, 0.3) is 0 Å². The van der Waals surface area contributed by atoms with Gasteiger partial charge in [-0.2, -0.15) is 0 Å². The van der Waals surface area contributed by atoms with Crippen LogP contribution < -0.4 is 9.47 Å². The van der Waals surface area contributed by atoms with Gasteiger partial charge in [0.15, 0.2) is 0 Å². The summed E-state index contributed by atoms with van der Waals surface area (Å²) >= 11 is 0. The Morgan fingerprint density at radius 1 is 0.862 bits per heavy atom. The number of methoxy groups -OCH3 is 1. The van der Waals surface area contributed by atoms with E-state index < -0.39 is 5.97 Å². The average Bonchev–Trinajstić information content (AvgIpc) is 2.74. The molecule has 4 nitrogen and oxygen atoms in total. The second-order valence-corrected chi connectivity index (χ2v) is 6.78. The number of carbonyl (C=O) groups is 1. The lowest BCUT2D eigenvalue weighted by molar-refractivity contribution is 0.0697. The maximum atomic E-state index is 11.1. The van der Waals surface area contributed by atoms with Crippen LogP contribution in [0.2, 0.25) is 0 Å². The number of carboxylic acids is 1. The minimum Gasteiger partial charge on any atom is -0.497 e. The third-order valence-corrected chi connectivity index (χ3v) is 4.88. The van der Waals surface area contributed by atoms with Crippen molar-refractivity contribution in [1.29, 1.82) is 0 Å². The second kappa shape index (κ2) is 7.68. The van der Waals surface area contributed by atoms with Gasteiger partial charge >= 0.3 is 5.97 Å². The molecule has 4 heteroatoms. The summed E-state index contributed by atoms with van der Waals surface area (Å²) in [4.78, 5) is 11.1. The molecule has 144 valence electrons. The molecule has 0 bridgehead atoms. The highest BCUT2D eigenvalue weighted by Gasteiger charge is 2.16.